The van der Waals surface area contributed by atoms with Crippen LogP contribution in [0, 0.1) is 56.2 Å². The normalized spacial score (nSPS) is 22.6. The maximum Gasteiger partial charge on any atom is 0.182 e. The highest BCUT2D eigenvalue weighted by Gasteiger charge is 2.59. The standard InChI is InChI=1S/C17H14N4/c18-10-16(11-19)9-5-4-8-15(17(16,12-20)13-21)14-6-2-1-3-7-14/h1-3,6-7,15H,4-5,8-9H2. The summed E-state index contributed by atoms with van der Waals surface area (Å²) < 4.78 is 0. The zero-order valence-corrected chi connectivity index (χ0v) is 11.6. The van der Waals surface area contributed by atoms with Crippen LogP contribution in [0.4, 0.5) is 0 Å². The molecule has 0 spiro atoms. The lowest BCUT2D eigenvalue weighted by molar-refractivity contribution is 0.246. The zero-order chi connectivity index (χ0) is 15.3. The molecule has 0 amide bonds. The first-order valence-corrected chi connectivity index (χ1v) is 6.89. The van der Waals surface area contributed by atoms with Gasteiger partial charge in [0.1, 0.15) is 0 Å². The highest BCUT2D eigenvalue weighted by molar-refractivity contribution is 5.41. The van der Waals surface area contributed by atoms with E-state index in [-0.39, 0.29) is 6.42 Å². The molecule has 0 aliphatic heterocycles. The minimum atomic E-state index is -1.63. The quantitative estimate of drug-likeness (QED) is 0.733. The summed E-state index contributed by atoms with van der Waals surface area (Å²) in [4.78, 5) is 0. The van der Waals surface area contributed by atoms with Crippen LogP contribution >= 0.6 is 0 Å². The van der Waals surface area contributed by atoms with Gasteiger partial charge in [-0.15, -0.1) is 0 Å². The number of rotatable bonds is 1. The smallest absolute Gasteiger partial charge is 0.182 e. The van der Waals surface area contributed by atoms with Gasteiger partial charge in [-0.25, -0.2) is 0 Å². The average Bonchev–Trinajstić information content (AvgIpc) is 2.72. The minimum absolute atomic E-state index is 0.268. The lowest BCUT2D eigenvalue weighted by atomic mass is 9.57. The Kier molecular flexibility index (Phi) is 3.93. The Labute approximate surface area is 124 Å². The molecule has 1 fully saturated rings. The molecule has 0 N–H and O–H groups in total. The van der Waals surface area contributed by atoms with E-state index in [9.17, 15) is 21.0 Å². The molecule has 1 aliphatic carbocycles. The Hall–Kier alpha value is -2.82. The number of nitrogens with zero attached hydrogens (tertiary/aromatic N) is 4. The second-order valence-electron chi connectivity index (χ2n) is 5.37. The van der Waals surface area contributed by atoms with Crippen molar-refractivity contribution >= 4 is 0 Å². The van der Waals surface area contributed by atoms with Gasteiger partial charge >= 0.3 is 0 Å². The second-order valence-corrected chi connectivity index (χ2v) is 5.37. The second kappa shape index (κ2) is 5.66. The molecule has 0 aromatic heterocycles. The Morgan fingerprint density at radius 3 is 2.00 bits per heavy atom. The predicted octanol–water partition coefficient (Wildman–Crippen LogP) is 3.41. The summed E-state index contributed by atoms with van der Waals surface area (Å²) in [5.74, 6) is -0.421. The van der Waals surface area contributed by atoms with Crippen molar-refractivity contribution in [2.45, 2.75) is 31.6 Å². The summed E-state index contributed by atoms with van der Waals surface area (Å²) >= 11 is 0. The lowest BCUT2D eigenvalue weighted by Gasteiger charge is -2.35. The fourth-order valence-corrected chi connectivity index (χ4v) is 3.24. The summed E-state index contributed by atoms with van der Waals surface area (Å²) in [6.07, 6.45) is 2.38. The fourth-order valence-electron chi connectivity index (χ4n) is 3.24. The molecule has 1 aromatic rings. The summed E-state index contributed by atoms with van der Waals surface area (Å²) in [6, 6.07) is 17.4. The average molecular weight is 274 g/mol. The molecule has 1 unspecified atom stereocenters. The molecular formula is C17H14N4. The molecule has 1 atom stereocenters. The third-order valence-corrected chi connectivity index (χ3v) is 4.43. The highest BCUT2D eigenvalue weighted by atomic mass is 14.6. The van der Waals surface area contributed by atoms with Crippen LogP contribution in [-0.2, 0) is 0 Å². The van der Waals surface area contributed by atoms with Crippen LogP contribution in [0.25, 0.3) is 0 Å². The van der Waals surface area contributed by atoms with Crippen molar-refractivity contribution in [2.24, 2.45) is 10.8 Å². The topological polar surface area (TPSA) is 95.2 Å². The van der Waals surface area contributed by atoms with E-state index >= 15 is 0 Å². The molecule has 4 heteroatoms. The Morgan fingerprint density at radius 1 is 0.857 bits per heavy atom. The first-order valence-electron chi connectivity index (χ1n) is 6.89. The molecule has 0 radical (unpaired) electrons. The molecule has 102 valence electrons. The van der Waals surface area contributed by atoms with Crippen LogP contribution in [0.3, 0.4) is 0 Å². The first kappa shape index (κ1) is 14.6. The fraction of sp³-hybridized carbons (Fsp3) is 0.412. The van der Waals surface area contributed by atoms with Gasteiger partial charge in [-0.3, -0.25) is 0 Å². The van der Waals surface area contributed by atoms with Gasteiger partial charge in [0.05, 0.1) is 24.3 Å². The summed E-state index contributed by atoms with van der Waals surface area (Å²) in [5.41, 5.74) is -2.36. The SMILES string of the molecule is N#CC1(C#N)CCCCC(c2ccccc2)C1(C#N)C#N. The van der Waals surface area contributed by atoms with E-state index in [1.807, 2.05) is 54.6 Å². The van der Waals surface area contributed by atoms with Gasteiger partial charge in [-0.05, 0) is 18.4 Å². The predicted molar refractivity (Wildman–Crippen MR) is 75.0 cm³/mol. The Balaban J connectivity index is 2.70. The van der Waals surface area contributed by atoms with Gasteiger partial charge in [0.15, 0.2) is 10.8 Å². The van der Waals surface area contributed by atoms with E-state index in [0.29, 0.717) is 12.8 Å². The van der Waals surface area contributed by atoms with Gasteiger partial charge in [-0.2, -0.15) is 21.0 Å². The van der Waals surface area contributed by atoms with Crippen LogP contribution in [0.5, 0.6) is 0 Å². The number of nitriles is 4. The van der Waals surface area contributed by atoms with Crippen molar-refractivity contribution in [3.63, 3.8) is 0 Å². The van der Waals surface area contributed by atoms with Crippen LogP contribution in [0.15, 0.2) is 30.3 Å². The molecular weight excluding hydrogens is 260 g/mol. The van der Waals surface area contributed by atoms with E-state index in [0.717, 1.165) is 12.0 Å². The molecule has 4 nitrogen and oxygen atoms in total. The summed E-state index contributed by atoms with van der Waals surface area (Å²) in [5, 5.41) is 38.6. The van der Waals surface area contributed by atoms with Crippen molar-refractivity contribution in [1.29, 1.82) is 21.0 Å². The molecule has 0 bridgehead atoms. The number of hydrogen-bond donors (Lipinski definition) is 0. The monoisotopic (exact) mass is 274 g/mol. The van der Waals surface area contributed by atoms with Crippen molar-refractivity contribution in [2.75, 3.05) is 0 Å². The van der Waals surface area contributed by atoms with Crippen molar-refractivity contribution < 1.29 is 0 Å². The van der Waals surface area contributed by atoms with Crippen molar-refractivity contribution in [3.05, 3.63) is 35.9 Å². The van der Waals surface area contributed by atoms with Crippen LogP contribution < -0.4 is 0 Å². The number of hydrogen-bond acceptors (Lipinski definition) is 4. The van der Waals surface area contributed by atoms with E-state index in [1.54, 1.807) is 0 Å². The minimum Gasteiger partial charge on any atom is -0.196 e. The zero-order valence-electron chi connectivity index (χ0n) is 11.6. The van der Waals surface area contributed by atoms with E-state index in [1.165, 1.54) is 0 Å². The Bertz CT molecular complexity index is 651. The molecule has 21 heavy (non-hydrogen) atoms. The van der Waals surface area contributed by atoms with Gasteiger partial charge in [0.2, 0.25) is 0 Å². The maximum atomic E-state index is 9.72. The molecule has 2 rings (SSSR count). The van der Waals surface area contributed by atoms with E-state index in [2.05, 4.69) is 0 Å². The molecule has 1 saturated carbocycles. The maximum absolute atomic E-state index is 9.72. The third kappa shape index (κ3) is 2.03. The molecule has 1 aliphatic rings. The van der Waals surface area contributed by atoms with Crippen LogP contribution in [0.1, 0.15) is 37.2 Å². The van der Waals surface area contributed by atoms with E-state index in [4.69, 9.17) is 0 Å². The first-order chi connectivity index (χ1) is 10.2. The summed E-state index contributed by atoms with van der Waals surface area (Å²) in [7, 11) is 0. The van der Waals surface area contributed by atoms with Crippen molar-refractivity contribution in [1.82, 2.24) is 0 Å². The summed E-state index contributed by atoms with van der Waals surface area (Å²) in [6.45, 7) is 0. The van der Waals surface area contributed by atoms with Gasteiger partial charge in [0.25, 0.3) is 0 Å². The number of benzene rings is 1. The van der Waals surface area contributed by atoms with Crippen LogP contribution in [-0.4, -0.2) is 0 Å². The van der Waals surface area contributed by atoms with E-state index < -0.39 is 16.7 Å². The Morgan fingerprint density at radius 2 is 1.48 bits per heavy atom. The van der Waals surface area contributed by atoms with Gasteiger partial charge in [0, 0.05) is 5.92 Å². The molecule has 0 saturated heterocycles. The largest absolute Gasteiger partial charge is 0.196 e. The van der Waals surface area contributed by atoms with Crippen LogP contribution in [0.2, 0.25) is 0 Å². The van der Waals surface area contributed by atoms with Crippen molar-refractivity contribution in [3.8, 4) is 24.3 Å². The molecule has 1 aromatic carbocycles. The molecule has 0 heterocycles. The lowest BCUT2D eigenvalue weighted by Crippen LogP contribution is -2.42. The van der Waals surface area contributed by atoms with Gasteiger partial charge < -0.3 is 0 Å². The third-order valence-electron chi connectivity index (χ3n) is 4.43. The highest BCUT2D eigenvalue weighted by Crippen LogP contribution is 2.55. The van der Waals surface area contributed by atoms with Gasteiger partial charge in [-0.1, -0.05) is 43.2 Å².